The predicted molar refractivity (Wildman–Crippen MR) is 138 cm³/mol. The van der Waals surface area contributed by atoms with Gasteiger partial charge in [-0.2, -0.15) is 0 Å². The van der Waals surface area contributed by atoms with Gasteiger partial charge in [-0.3, -0.25) is 9.47 Å². The number of para-hydroxylation sites is 3. The van der Waals surface area contributed by atoms with E-state index in [2.05, 4.69) is 26.9 Å². The molecule has 3 N–H and O–H groups in total. The Hall–Kier alpha value is -3.07. The molecule has 0 aliphatic carbocycles. The number of aliphatic imine (C=N–C) groups is 1. The number of morpholine rings is 1. The van der Waals surface area contributed by atoms with Gasteiger partial charge in [0.15, 0.2) is 0 Å². The fourth-order valence-electron chi connectivity index (χ4n) is 4.27. The van der Waals surface area contributed by atoms with Crippen LogP contribution in [0.2, 0.25) is 5.02 Å². The number of fused-ring (bicyclic) bond motifs is 1. The summed E-state index contributed by atoms with van der Waals surface area (Å²) in [6.45, 7) is 8.20. The summed E-state index contributed by atoms with van der Waals surface area (Å²) in [7, 11) is 0. The molecule has 3 heterocycles. The first-order valence-corrected chi connectivity index (χ1v) is 12.1. The number of anilines is 2. The van der Waals surface area contributed by atoms with Crippen LogP contribution in [0.5, 0.6) is 0 Å². The molecule has 0 unspecified atom stereocenters. The first kappa shape index (κ1) is 22.7. The number of ether oxygens (including phenoxy) is 1. The van der Waals surface area contributed by atoms with Crippen molar-refractivity contribution in [2.24, 2.45) is 4.99 Å². The minimum absolute atomic E-state index is 0.495. The molecule has 0 bridgehead atoms. The highest BCUT2D eigenvalue weighted by Gasteiger charge is 2.18. The fraction of sp³-hybridized carbons (Fsp3) is 0.360. The van der Waals surface area contributed by atoms with E-state index in [0.29, 0.717) is 17.6 Å². The molecule has 2 aliphatic rings. The third kappa shape index (κ3) is 5.04. The molecule has 0 atom stereocenters. The van der Waals surface area contributed by atoms with Gasteiger partial charge in [0, 0.05) is 25.7 Å². The Balaban J connectivity index is 1.35. The number of rotatable bonds is 7. The third-order valence-corrected chi connectivity index (χ3v) is 6.42. The number of hydrogen-bond acceptors (Lipinski definition) is 7. The molecule has 1 saturated heterocycles. The number of nitrogens with one attached hydrogen (secondary N) is 3. The second kappa shape index (κ2) is 10.5. The first-order chi connectivity index (χ1) is 16.7. The van der Waals surface area contributed by atoms with Gasteiger partial charge in [-0.25, -0.2) is 9.98 Å². The number of hydrogen-bond donors (Lipinski definition) is 3. The van der Waals surface area contributed by atoms with E-state index in [9.17, 15) is 0 Å². The van der Waals surface area contributed by atoms with Gasteiger partial charge in [-0.05, 0) is 43.7 Å². The van der Waals surface area contributed by atoms with Crippen molar-refractivity contribution in [2.75, 3.05) is 51.4 Å². The Kier molecular flexibility index (Phi) is 6.99. The highest BCUT2D eigenvalue weighted by atomic mass is 35.5. The number of allylic oxidation sites excluding steroid dienone is 1. The van der Waals surface area contributed by atoms with Crippen molar-refractivity contribution < 1.29 is 4.74 Å². The molecule has 0 amide bonds. The molecular formula is C25H30ClN7O. The minimum Gasteiger partial charge on any atom is -0.379 e. The van der Waals surface area contributed by atoms with Gasteiger partial charge in [-0.15, -0.1) is 0 Å². The van der Waals surface area contributed by atoms with Crippen molar-refractivity contribution in [3.8, 4) is 0 Å². The van der Waals surface area contributed by atoms with E-state index in [4.69, 9.17) is 26.3 Å². The van der Waals surface area contributed by atoms with Crippen LogP contribution in [0, 0.1) is 6.92 Å². The normalized spacial score (nSPS) is 16.6. The van der Waals surface area contributed by atoms with Gasteiger partial charge in [0.25, 0.3) is 0 Å². The summed E-state index contributed by atoms with van der Waals surface area (Å²) in [5.41, 5.74) is 3.78. The lowest BCUT2D eigenvalue weighted by atomic mass is 10.2. The van der Waals surface area contributed by atoms with Crippen LogP contribution in [-0.4, -0.2) is 66.3 Å². The number of aromatic nitrogens is 2. The van der Waals surface area contributed by atoms with Crippen molar-refractivity contribution in [1.82, 2.24) is 25.1 Å². The van der Waals surface area contributed by atoms with Crippen molar-refractivity contribution in [3.63, 3.8) is 0 Å². The van der Waals surface area contributed by atoms with Crippen LogP contribution < -0.4 is 16.0 Å². The summed E-state index contributed by atoms with van der Waals surface area (Å²) in [6.07, 6.45) is 3.11. The second-order valence-corrected chi connectivity index (χ2v) is 8.87. The van der Waals surface area contributed by atoms with Gasteiger partial charge in [0.1, 0.15) is 18.3 Å². The molecular weight excluding hydrogens is 450 g/mol. The van der Waals surface area contributed by atoms with Crippen LogP contribution in [0.15, 0.2) is 59.4 Å². The monoisotopic (exact) mass is 479 g/mol. The smallest absolute Gasteiger partial charge is 0.214 e. The van der Waals surface area contributed by atoms with Crippen molar-refractivity contribution >= 4 is 40.1 Å². The van der Waals surface area contributed by atoms with Gasteiger partial charge < -0.3 is 20.7 Å². The van der Waals surface area contributed by atoms with Gasteiger partial charge in [0.05, 0.1) is 35.0 Å². The lowest BCUT2D eigenvalue weighted by Gasteiger charge is -2.26. The fourth-order valence-corrected chi connectivity index (χ4v) is 4.54. The van der Waals surface area contributed by atoms with Crippen LogP contribution in [0.3, 0.4) is 0 Å². The second-order valence-electron chi connectivity index (χ2n) is 8.46. The SMILES string of the molecule is Cc1cccc(Cl)c1Nc1nc2ccccc2n1C1=NCNC(NCCCN2CCOCC2)=C1. The van der Waals surface area contributed by atoms with E-state index in [1.165, 1.54) is 0 Å². The average Bonchev–Trinajstić information content (AvgIpc) is 3.23. The lowest BCUT2D eigenvalue weighted by molar-refractivity contribution is 0.0375. The quantitative estimate of drug-likeness (QED) is 0.448. The largest absolute Gasteiger partial charge is 0.379 e. The summed E-state index contributed by atoms with van der Waals surface area (Å²) < 4.78 is 7.48. The van der Waals surface area contributed by atoms with E-state index in [1.807, 2.05) is 54.0 Å². The average molecular weight is 480 g/mol. The summed E-state index contributed by atoms with van der Waals surface area (Å²) in [6, 6.07) is 13.9. The molecule has 2 aliphatic heterocycles. The number of aryl methyl sites for hydroxylation is 1. The molecule has 0 radical (unpaired) electrons. The van der Waals surface area contributed by atoms with Crippen molar-refractivity contribution in [3.05, 3.63) is 64.9 Å². The number of imidazole rings is 1. The maximum absolute atomic E-state index is 6.49. The maximum atomic E-state index is 6.49. The molecule has 178 valence electrons. The van der Waals surface area contributed by atoms with Crippen molar-refractivity contribution in [1.29, 1.82) is 0 Å². The lowest BCUT2D eigenvalue weighted by Crippen LogP contribution is -2.38. The van der Waals surface area contributed by atoms with Crippen LogP contribution in [-0.2, 0) is 4.74 Å². The molecule has 0 spiro atoms. The van der Waals surface area contributed by atoms with Crippen LogP contribution in [0.4, 0.5) is 11.6 Å². The van der Waals surface area contributed by atoms with Crippen LogP contribution in [0.1, 0.15) is 12.0 Å². The van der Waals surface area contributed by atoms with Gasteiger partial charge in [-0.1, -0.05) is 35.9 Å². The minimum atomic E-state index is 0.495. The highest BCUT2D eigenvalue weighted by Crippen LogP contribution is 2.30. The van der Waals surface area contributed by atoms with Gasteiger partial charge >= 0.3 is 0 Å². The standard InChI is InChI=1S/C25H30ClN7O/c1-18-6-4-7-19(26)24(18)31-25-30-20-8-2-3-9-21(20)33(25)23-16-22(28-17-29-23)27-10-5-11-32-12-14-34-15-13-32/h2-4,6-9,16,27-28H,5,10-15,17H2,1H3,(H,30,31). The summed E-state index contributed by atoms with van der Waals surface area (Å²) in [5, 5.41) is 11.0. The number of halogens is 1. The Morgan fingerprint density at radius 1 is 1.12 bits per heavy atom. The molecule has 5 rings (SSSR count). The number of nitrogens with zero attached hydrogens (tertiary/aromatic N) is 4. The Bertz CT molecular complexity index is 1190. The Labute approximate surface area is 204 Å². The molecule has 8 nitrogen and oxygen atoms in total. The highest BCUT2D eigenvalue weighted by molar-refractivity contribution is 6.33. The van der Waals surface area contributed by atoms with E-state index >= 15 is 0 Å². The summed E-state index contributed by atoms with van der Waals surface area (Å²) in [4.78, 5) is 12.0. The molecule has 3 aromatic rings. The van der Waals surface area contributed by atoms with Crippen molar-refractivity contribution in [2.45, 2.75) is 13.3 Å². The zero-order chi connectivity index (χ0) is 23.3. The Morgan fingerprint density at radius 2 is 1.97 bits per heavy atom. The zero-order valence-electron chi connectivity index (χ0n) is 19.4. The Morgan fingerprint density at radius 3 is 2.82 bits per heavy atom. The first-order valence-electron chi connectivity index (χ1n) is 11.7. The van der Waals surface area contributed by atoms with Crippen LogP contribution >= 0.6 is 11.6 Å². The molecule has 0 saturated carbocycles. The maximum Gasteiger partial charge on any atom is 0.214 e. The zero-order valence-corrected chi connectivity index (χ0v) is 20.1. The molecule has 1 fully saturated rings. The third-order valence-electron chi connectivity index (χ3n) is 6.10. The van der Waals surface area contributed by atoms with Crippen LogP contribution in [0.25, 0.3) is 11.0 Å². The van der Waals surface area contributed by atoms with E-state index in [0.717, 1.165) is 79.8 Å². The summed E-state index contributed by atoms with van der Waals surface area (Å²) in [5.74, 6) is 2.46. The molecule has 2 aromatic carbocycles. The molecule has 34 heavy (non-hydrogen) atoms. The summed E-state index contributed by atoms with van der Waals surface area (Å²) >= 11 is 6.49. The van der Waals surface area contributed by atoms with Gasteiger partial charge in [0.2, 0.25) is 5.95 Å². The van der Waals surface area contributed by atoms with E-state index < -0.39 is 0 Å². The van der Waals surface area contributed by atoms with E-state index in [-0.39, 0.29) is 0 Å². The number of benzene rings is 2. The van der Waals surface area contributed by atoms with E-state index in [1.54, 1.807) is 0 Å². The predicted octanol–water partition coefficient (Wildman–Crippen LogP) is 3.70. The topological polar surface area (TPSA) is 78.7 Å². The molecule has 1 aromatic heterocycles. The molecule has 9 heteroatoms.